The minimum absolute atomic E-state index is 0.00902. The van der Waals surface area contributed by atoms with Crippen molar-refractivity contribution in [1.29, 1.82) is 5.26 Å². The number of thioether (sulfide) groups is 1. The van der Waals surface area contributed by atoms with Gasteiger partial charge < -0.3 is 10.6 Å². The third-order valence-electron chi connectivity index (χ3n) is 4.17. The standard InChI is InChI=1S/C18H24N4O2S/c1-14(23)20-12-15-6-9-22(10-7-15)13-18(24)21-16-4-2-3-5-17(16)25-11-8-19/h2-5,15H,6-7,9-13H2,1H3,(H,20,23)(H,21,24). The molecular formula is C18H24N4O2S. The van der Waals surface area contributed by atoms with Crippen LogP contribution in [0, 0.1) is 17.2 Å². The number of carbonyl (C=O) groups is 2. The minimum atomic E-state index is -0.0367. The van der Waals surface area contributed by atoms with E-state index in [4.69, 9.17) is 5.26 Å². The second kappa shape index (κ2) is 10.1. The maximum atomic E-state index is 12.3. The molecular weight excluding hydrogens is 336 g/mol. The molecule has 0 unspecified atom stereocenters. The molecule has 0 spiro atoms. The van der Waals surface area contributed by atoms with Gasteiger partial charge in [-0.2, -0.15) is 5.26 Å². The second-order valence-corrected chi connectivity index (χ2v) is 7.16. The van der Waals surface area contributed by atoms with Crippen molar-refractivity contribution in [2.24, 2.45) is 5.92 Å². The van der Waals surface area contributed by atoms with Gasteiger partial charge in [-0.3, -0.25) is 14.5 Å². The molecule has 0 saturated carbocycles. The fourth-order valence-corrected chi connectivity index (χ4v) is 3.50. The van der Waals surface area contributed by atoms with E-state index in [2.05, 4.69) is 21.6 Å². The van der Waals surface area contributed by atoms with Gasteiger partial charge in [0.25, 0.3) is 0 Å². The SMILES string of the molecule is CC(=O)NCC1CCN(CC(=O)Nc2ccccc2SCC#N)CC1. The average molecular weight is 360 g/mol. The van der Waals surface area contributed by atoms with Gasteiger partial charge in [0.05, 0.1) is 24.1 Å². The van der Waals surface area contributed by atoms with Gasteiger partial charge >= 0.3 is 0 Å². The van der Waals surface area contributed by atoms with Gasteiger partial charge in [0.15, 0.2) is 0 Å². The fourth-order valence-electron chi connectivity index (χ4n) is 2.84. The van der Waals surface area contributed by atoms with E-state index in [1.165, 1.54) is 18.7 Å². The number of nitriles is 1. The molecule has 1 aromatic rings. The number of anilines is 1. The molecule has 2 N–H and O–H groups in total. The van der Waals surface area contributed by atoms with Crippen LogP contribution in [-0.2, 0) is 9.59 Å². The number of carbonyl (C=O) groups excluding carboxylic acids is 2. The van der Waals surface area contributed by atoms with Gasteiger partial charge in [0, 0.05) is 18.4 Å². The predicted molar refractivity (Wildman–Crippen MR) is 99.3 cm³/mol. The lowest BCUT2D eigenvalue weighted by Gasteiger charge is -2.31. The van der Waals surface area contributed by atoms with E-state index in [9.17, 15) is 9.59 Å². The fraction of sp³-hybridized carbons (Fsp3) is 0.500. The Balaban J connectivity index is 1.78. The molecule has 0 radical (unpaired) electrons. The van der Waals surface area contributed by atoms with Gasteiger partial charge in [0.1, 0.15) is 0 Å². The Morgan fingerprint density at radius 3 is 2.72 bits per heavy atom. The number of hydrogen-bond acceptors (Lipinski definition) is 5. The van der Waals surface area contributed by atoms with Gasteiger partial charge in [-0.25, -0.2) is 0 Å². The summed E-state index contributed by atoms with van der Waals surface area (Å²) in [7, 11) is 0. The third-order valence-corrected chi connectivity index (χ3v) is 5.11. The maximum Gasteiger partial charge on any atom is 0.238 e. The summed E-state index contributed by atoms with van der Waals surface area (Å²) in [6.45, 7) is 4.35. The van der Waals surface area contributed by atoms with Crippen molar-refractivity contribution in [3.05, 3.63) is 24.3 Å². The molecule has 1 heterocycles. The summed E-state index contributed by atoms with van der Waals surface area (Å²) in [5, 5.41) is 14.5. The monoisotopic (exact) mass is 360 g/mol. The molecule has 1 aliphatic rings. The van der Waals surface area contributed by atoms with Crippen LogP contribution in [0.4, 0.5) is 5.69 Å². The summed E-state index contributed by atoms with van der Waals surface area (Å²) in [4.78, 5) is 26.3. The molecule has 7 heteroatoms. The second-order valence-electron chi connectivity index (χ2n) is 6.15. The van der Waals surface area contributed by atoms with Crippen LogP contribution in [0.3, 0.4) is 0 Å². The first kappa shape index (κ1) is 19.3. The van der Waals surface area contributed by atoms with Gasteiger partial charge in [-0.05, 0) is 44.0 Å². The van der Waals surface area contributed by atoms with Crippen LogP contribution in [0.5, 0.6) is 0 Å². The summed E-state index contributed by atoms with van der Waals surface area (Å²) < 4.78 is 0. The largest absolute Gasteiger partial charge is 0.356 e. The smallest absolute Gasteiger partial charge is 0.238 e. The van der Waals surface area contributed by atoms with Crippen LogP contribution in [0.2, 0.25) is 0 Å². The van der Waals surface area contributed by atoms with Crippen LogP contribution in [0.1, 0.15) is 19.8 Å². The van der Waals surface area contributed by atoms with Gasteiger partial charge in [-0.1, -0.05) is 12.1 Å². The van der Waals surface area contributed by atoms with Gasteiger partial charge in [-0.15, -0.1) is 11.8 Å². The lowest BCUT2D eigenvalue weighted by molar-refractivity contribution is -0.119. The molecule has 134 valence electrons. The highest BCUT2D eigenvalue weighted by Gasteiger charge is 2.21. The summed E-state index contributed by atoms with van der Waals surface area (Å²) in [6, 6.07) is 9.64. The van der Waals surface area contributed by atoms with Crippen LogP contribution in [0.15, 0.2) is 29.2 Å². The van der Waals surface area contributed by atoms with E-state index in [-0.39, 0.29) is 11.8 Å². The maximum absolute atomic E-state index is 12.3. The number of hydrogen-bond donors (Lipinski definition) is 2. The van der Waals surface area contributed by atoms with E-state index < -0.39 is 0 Å². The van der Waals surface area contributed by atoms with E-state index >= 15 is 0 Å². The molecule has 25 heavy (non-hydrogen) atoms. The van der Waals surface area contributed by atoms with Crippen molar-refractivity contribution < 1.29 is 9.59 Å². The molecule has 1 aromatic carbocycles. The molecule has 0 aromatic heterocycles. The first-order valence-electron chi connectivity index (χ1n) is 8.44. The summed E-state index contributed by atoms with van der Waals surface area (Å²) in [6.07, 6.45) is 1.98. The highest BCUT2D eigenvalue weighted by molar-refractivity contribution is 7.99. The summed E-state index contributed by atoms with van der Waals surface area (Å²) in [5.41, 5.74) is 0.758. The van der Waals surface area contributed by atoms with Crippen molar-refractivity contribution in [1.82, 2.24) is 10.2 Å². The molecule has 0 bridgehead atoms. The Labute approximate surface area is 153 Å². The zero-order valence-electron chi connectivity index (χ0n) is 14.5. The Morgan fingerprint density at radius 2 is 2.04 bits per heavy atom. The Kier molecular flexibility index (Phi) is 7.76. The lowest BCUT2D eigenvalue weighted by atomic mass is 9.97. The Morgan fingerprint density at radius 1 is 1.32 bits per heavy atom. The molecule has 2 amide bonds. The van der Waals surface area contributed by atoms with Crippen molar-refractivity contribution in [2.45, 2.75) is 24.7 Å². The summed E-state index contributed by atoms with van der Waals surface area (Å²) in [5.74, 6) is 0.820. The van der Waals surface area contributed by atoms with E-state index in [0.717, 1.165) is 43.1 Å². The molecule has 1 fully saturated rings. The van der Waals surface area contributed by atoms with E-state index in [1.807, 2.05) is 24.3 Å². The van der Waals surface area contributed by atoms with Crippen LogP contribution >= 0.6 is 11.8 Å². The van der Waals surface area contributed by atoms with Crippen LogP contribution in [-0.4, -0.2) is 48.6 Å². The summed E-state index contributed by atoms with van der Waals surface area (Å²) >= 11 is 1.42. The molecule has 1 aliphatic heterocycles. The number of rotatable bonds is 7. The van der Waals surface area contributed by atoms with Crippen LogP contribution in [0.25, 0.3) is 0 Å². The highest BCUT2D eigenvalue weighted by atomic mass is 32.2. The first-order valence-corrected chi connectivity index (χ1v) is 9.42. The normalized spacial score (nSPS) is 15.4. The number of nitrogens with one attached hydrogen (secondary N) is 2. The first-order chi connectivity index (χ1) is 12.1. The Hall–Kier alpha value is -2.04. The Bertz CT molecular complexity index is 636. The topological polar surface area (TPSA) is 85.2 Å². The number of amides is 2. The molecule has 0 atom stereocenters. The van der Waals surface area contributed by atoms with E-state index in [0.29, 0.717) is 18.2 Å². The molecule has 2 rings (SSSR count). The average Bonchev–Trinajstić information content (AvgIpc) is 2.60. The third kappa shape index (κ3) is 6.77. The number of likely N-dealkylation sites (tertiary alicyclic amines) is 1. The number of piperidine rings is 1. The number of para-hydroxylation sites is 1. The van der Waals surface area contributed by atoms with E-state index in [1.54, 1.807) is 0 Å². The quantitative estimate of drug-likeness (QED) is 0.727. The highest BCUT2D eigenvalue weighted by Crippen LogP contribution is 2.26. The zero-order valence-corrected chi connectivity index (χ0v) is 15.3. The predicted octanol–water partition coefficient (Wildman–Crippen LogP) is 2.09. The molecule has 0 aliphatic carbocycles. The molecule has 1 saturated heterocycles. The number of benzene rings is 1. The van der Waals surface area contributed by atoms with Crippen molar-refractivity contribution in [2.75, 3.05) is 37.2 Å². The molecule has 6 nitrogen and oxygen atoms in total. The minimum Gasteiger partial charge on any atom is -0.356 e. The van der Waals surface area contributed by atoms with Crippen molar-refractivity contribution in [3.8, 4) is 6.07 Å². The number of nitrogens with zero attached hydrogens (tertiary/aromatic N) is 2. The van der Waals surface area contributed by atoms with Crippen molar-refractivity contribution >= 4 is 29.3 Å². The van der Waals surface area contributed by atoms with Gasteiger partial charge in [0.2, 0.25) is 11.8 Å². The van der Waals surface area contributed by atoms with Crippen molar-refractivity contribution in [3.63, 3.8) is 0 Å². The van der Waals surface area contributed by atoms with Crippen LogP contribution < -0.4 is 10.6 Å². The zero-order chi connectivity index (χ0) is 18.1. The lowest BCUT2D eigenvalue weighted by Crippen LogP contribution is -2.41.